The quantitative estimate of drug-likeness (QED) is 0.142. The van der Waals surface area contributed by atoms with Gasteiger partial charge in [-0.2, -0.15) is 11.8 Å². The molecule has 0 spiro atoms. The van der Waals surface area contributed by atoms with Crippen molar-refractivity contribution in [2.24, 2.45) is 0 Å². The van der Waals surface area contributed by atoms with E-state index in [2.05, 4.69) is 13.8 Å². The van der Waals surface area contributed by atoms with E-state index in [1.54, 1.807) is 11.8 Å². The minimum absolute atomic E-state index is 0.112. The smallest absolute Gasteiger partial charge is 0.304 e. The molecule has 0 aromatic heterocycles. The van der Waals surface area contributed by atoms with E-state index in [-0.39, 0.29) is 17.6 Å². The number of thioether (sulfide) groups is 1. The Morgan fingerprint density at radius 2 is 1.00 bits per heavy atom. The first kappa shape index (κ1) is 30.3. The Morgan fingerprint density at radius 3 is 1.35 bits per heavy atom. The molecule has 184 valence electrons. The molecule has 0 saturated heterocycles. The van der Waals surface area contributed by atoms with E-state index < -0.39 is 11.9 Å². The summed E-state index contributed by atoms with van der Waals surface area (Å²) in [5.74, 6) is -1.03. The molecule has 0 unspecified atom stereocenters. The largest absolute Gasteiger partial charge is 0.481 e. The molecular formula is C26H50O4S. The van der Waals surface area contributed by atoms with Crippen LogP contribution in [-0.2, 0) is 9.59 Å². The zero-order valence-corrected chi connectivity index (χ0v) is 21.3. The van der Waals surface area contributed by atoms with Gasteiger partial charge in [-0.15, -0.1) is 0 Å². The summed E-state index contributed by atoms with van der Waals surface area (Å²) >= 11 is 1.61. The summed E-state index contributed by atoms with van der Waals surface area (Å²) in [6.07, 6.45) is 21.9. The van der Waals surface area contributed by atoms with Crippen LogP contribution in [0.2, 0.25) is 0 Å². The lowest BCUT2D eigenvalue weighted by atomic mass is 9.90. The van der Waals surface area contributed by atoms with E-state index in [0.29, 0.717) is 5.75 Å². The van der Waals surface area contributed by atoms with Gasteiger partial charge in [-0.05, 0) is 12.8 Å². The number of carboxylic acids is 2. The number of unbranched alkanes of at least 4 members (excludes halogenated alkanes) is 14. The first-order chi connectivity index (χ1) is 15.0. The molecule has 5 heteroatoms. The number of aliphatic carboxylic acids is 2. The van der Waals surface area contributed by atoms with Crippen LogP contribution in [0.1, 0.15) is 142 Å². The maximum absolute atomic E-state index is 11.7. The number of carboxylic acid groups (broad SMARTS) is 2. The molecule has 0 radical (unpaired) electrons. The van der Waals surface area contributed by atoms with Crippen molar-refractivity contribution >= 4 is 23.7 Å². The third kappa shape index (κ3) is 19.7. The third-order valence-corrected chi connectivity index (χ3v) is 7.74. The van der Waals surface area contributed by atoms with Crippen molar-refractivity contribution < 1.29 is 19.8 Å². The van der Waals surface area contributed by atoms with Gasteiger partial charge in [0, 0.05) is 10.5 Å². The van der Waals surface area contributed by atoms with Crippen molar-refractivity contribution in [3.63, 3.8) is 0 Å². The van der Waals surface area contributed by atoms with Gasteiger partial charge in [0.2, 0.25) is 0 Å². The summed E-state index contributed by atoms with van der Waals surface area (Å²) in [6.45, 7) is 4.47. The molecule has 0 fully saturated rings. The van der Waals surface area contributed by atoms with Gasteiger partial charge in [0.15, 0.2) is 0 Å². The highest BCUT2D eigenvalue weighted by molar-refractivity contribution is 8.00. The molecule has 0 rings (SSSR count). The predicted molar refractivity (Wildman–Crippen MR) is 134 cm³/mol. The monoisotopic (exact) mass is 458 g/mol. The predicted octanol–water partition coefficient (Wildman–Crippen LogP) is 8.47. The average molecular weight is 459 g/mol. The number of hydrogen-bond donors (Lipinski definition) is 2. The fourth-order valence-corrected chi connectivity index (χ4v) is 5.80. The van der Waals surface area contributed by atoms with Crippen LogP contribution in [0.3, 0.4) is 0 Å². The van der Waals surface area contributed by atoms with Crippen LogP contribution in [0.5, 0.6) is 0 Å². The van der Waals surface area contributed by atoms with Crippen molar-refractivity contribution in [1.29, 1.82) is 0 Å². The first-order valence-electron chi connectivity index (χ1n) is 13.0. The standard InChI is InChI=1S/C26H50O4S/c1-3-5-7-9-11-13-15-17-20-26(23-25(29)30,31-22-19-24(27)28)21-18-16-14-12-10-8-6-4-2/h3-23H2,1-2H3,(H,27,28)(H,29,30). The molecule has 31 heavy (non-hydrogen) atoms. The van der Waals surface area contributed by atoms with Crippen LogP contribution in [0.25, 0.3) is 0 Å². The highest BCUT2D eigenvalue weighted by atomic mass is 32.2. The second-order valence-electron chi connectivity index (χ2n) is 9.20. The first-order valence-corrected chi connectivity index (χ1v) is 14.0. The number of rotatable bonds is 24. The van der Waals surface area contributed by atoms with Crippen LogP contribution >= 0.6 is 11.8 Å². The van der Waals surface area contributed by atoms with Gasteiger partial charge < -0.3 is 10.2 Å². The summed E-state index contributed by atoms with van der Waals surface area (Å²) in [5, 5.41) is 18.6. The van der Waals surface area contributed by atoms with E-state index in [1.165, 1.54) is 77.0 Å². The SMILES string of the molecule is CCCCCCCCCCC(CCCCCCCCCC)(CC(=O)O)SCCC(=O)O. The normalized spacial score (nSPS) is 11.7. The van der Waals surface area contributed by atoms with Crippen molar-refractivity contribution in [3.8, 4) is 0 Å². The molecule has 0 bridgehead atoms. The van der Waals surface area contributed by atoms with E-state index >= 15 is 0 Å². The van der Waals surface area contributed by atoms with Gasteiger partial charge in [0.25, 0.3) is 0 Å². The summed E-state index contributed by atoms with van der Waals surface area (Å²) in [6, 6.07) is 0. The third-order valence-electron chi connectivity index (χ3n) is 6.17. The second-order valence-corrected chi connectivity index (χ2v) is 10.8. The van der Waals surface area contributed by atoms with Crippen LogP contribution in [-0.4, -0.2) is 32.7 Å². The van der Waals surface area contributed by atoms with Crippen molar-refractivity contribution in [1.82, 2.24) is 0 Å². The van der Waals surface area contributed by atoms with Gasteiger partial charge in [0.1, 0.15) is 0 Å². The molecule has 0 aliphatic rings. The average Bonchev–Trinajstić information content (AvgIpc) is 2.71. The molecule has 2 N–H and O–H groups in total. The second kappa shape index (κ2) is 21.2. The summed E-state index contributed by atoms with van der Waals surface area (Å²) < 4.78 is -0.300. The lowest BCUT2D eigenvalue weighted by molar-refractivity contribution is -0.138. The zero-order valence-electron chi connectivity index (χ0n) is 20.5. The Balaban J connectivity index is 4.52. The molecule has 4 nitrogen and oxygen atoms in total. The van der Waals surface area contributed by atoms with Gasteiger partial charge in [-0.25, -0.2) is 0 Å². The Kier molecular flexibility index (Phi) is 20.7. The Morgan fingerprint density at radius 1 is 0.613 bits per heavy atom. The Bertz CT molecular complexity index is 419. The minimum atomic E-state index is -0.795. The molecule has 0 aliphatic heterocycles. The highest BCUT2D eigenvalue weighted by Crippen LogP contribution is 2.40. The lowest BCUT2D eigenvalue weighted by Gasteiger charge is -2.32. The molecule has 0 heterocycles. The van der Waals surface area contributed by atoms with E-state index in [9.17, 15) is 14.7 Å². The lowest BCUT2D eigenvalue weighted by Crippen LogP contribution is -2.29. The topological polar surface area (TPSA) is 74.6 Å². The maximum atomic E-state index is 11.7. The summed E-state index contributed by atoms with van der Waals surface area (Å²) in [4.78, 5) is 22.6. The van der Waals surface area contributed by atoms with Crippen molar-refractivity contribution in [2.75, 3.05) is 5.75 Å². The van der Waals surface area contributed by atoms with Gasteiger partial charge in [0.05, 0.1) is 12.8 Å². The van der Waals surface area contributed by atoms with E-state index in [4.69, 9.17) is 5.11 Å². The van der Waals surface area contributed by atoms with E-state index in [1.807, 2.05) is 0 Å². The minimum Gasteiger partial charge on any atom is -0.481 e. The zero-order chi connectivity index (χ0) is 23.2. The molecule has 0 amide bonds. The van der Waals surface area contributed by atoms with Gasteiger partial charge >= 0.3 is 11.9 Å². The van der Waals surface area contributed by atoms with Crippen LogP contribution in [0, 0.1) is 0 Å². The number of hydrogen-bond acceptors (Lipinski definition) is 3. The van der Waals surface area contributed by atoms with Crippen molar-refractivity contribution in [2.45, 2.75) is 147 Å². The Hall–Kier alpha value is -0.710. The number of carbonyl (C=O) groups is 2. The van der Waals surface area contributed by atoms with Crippen LogP contribution < -0.4 is 0 Å². The molecule has 0 aromatic carbocycles. The molecule has 0 saturated carbocycles. The summed E-state index contributed by atoms with van der Waals surface area (Å²) in [5.41, 5.74) is 0. The molecule has 0 aliphatic carbocycles. The van der Waals surface area contributed by atoms with E-state index in [0.717, 1.165) is 38.5 Å². The molecule has 0 aromatic rings. The highest BCUT2D eigenvalue weighted by Gasteiger charge is 2.32. The fraction of sp³-hybridized carbons (Fsp3) is 0.923. The molecule has 0 atom stereocenters. The molecular weight excluding hydrogens is 408 g/mol. The Labute approximate surface area is 196 Å². The maximum Gasteiger partial charge on any atom is 0.304 e. The summed E-state index contributed by atoms with van der Waals surface area (Å²) in [7, 11) is 0. The van der Waals surface area contributed by atoms with Crippen LogP contribution in [0.4, 0.5) is 0 Å². The van der Waals surface area contributed by atoms with Crippen LogP contribution in [0.15, 0.2) is 0 Å². The van der Waals surface area contributed by atoms with Crippen molar-refractivity contribution in [3.05, 3.63) is 0 Å². The fourth-order valence-electron chi connectivity index (χ4n) is 4.29. The van der Waals surface area contributed by atoms with Gasteiger partial charge in [-0.3, -0.25) is 9.59 Å². The van der Waals surface area contributed by atoms with Gasteiger partial charge in [-0.1, -0.05) is 117 Å².